The van der Waals surface area contributed by atoms with Gasteiger partial charge < -0.3 is 25.2 Å². The minimum atomic E-state index is -4.73. The number of carboxylic acid groups (broad SMARTS) is 1. The van der Waals surface area contributed by atoms with Gasteiger partial charge in [0.1, 0.15) is 12.7 Å². The van der Waals surface area contributed by atoms with E-state index < -0.39 is 57.6 Å². The highest BCUT2D eigenvalue weighted by Gasteiger charge is 2.28. The maximum atomic E-state index is 12.1. The van der Waals surface area contributed by atoms with Crippen LogP contribution in [0.25, 0.3) is 0 Å². The molecule has 0 aliphatic rings. The number of rotatable bonds is 26. The summed E-state index contributed by atoms with van der Waals surface area (Å²) in [5, 5.41) is 21.3. The Labute approximate surface area is 244 Å². The van der Waals surface area contributed by atoms with Crippen LogP contribution >= 0.6 is 7.82 Å². The second-order valence-electron chi connectivity index (χ2n) is 9.56. The number of nitrogens with one attached hydrogen (secondary N) is 1. The number of carboxylic acids is 1. The maximum Gasteiger partial charge on any atom is 0.472 e. The van der Waals surface area contributed by atoms with Crippen molar-refractivity contribution >= 4 is 25.7 Å². The summed E-state index contributed by atoms with van der Waals surface area (Å²) in [5.41, 5.74) is 0. The number of amides is 1. The molecular weight excluding hydrogens is 553 g/mol. The lowest BCUT2D eigenvalue weighted by Crippen LogP contribution is -2.43. The van der Waals surface area contributed by atoms with Crippen LogP contribution in [0, 0.1) is 0 Å². The first kappa shape index (κ1) is 38.7. The van der Waals surface area contributed by atoms with E-state index in [-0.39, 0.29) is 12.8 Å². The average Bonchev–Trinajstić information content (AvgIpc) is 2.93. The summed E-state index contributed by atoms with van der Waals surface area (Å²) in [6.07, 6.45) is 21.8. The second-order valence-corrected chi connectivity index (χ2v) is 11.0. The Bertz CT molecular complexity index is 859. The van der Waals surface area contributed by atoms with Gasteiger partial charge in [-0.05, 0) is 44.9 Å². The zero-order valence-corrected chi connectivity index (χ0v) is 25.5. The average molecular weight is 604 g/mol. The monoisotopic (exact) mass is 603 g/mol. The smallest absolute Gasteiger partial charge is 0.472 e. The molecule has 0 saturated carbocycles. The molecule has 0 aliphatic carbocycles. The van der Waals surface area contributed by atoms with E-state index >= 15 is 0 Å². The van der Waals surface area contributed by atoms with Crippen LogP contribution in [0.1, 0.15) is 97.3 Å². The van der Waals surface area contributed by atoms with Gasteiger partial charge in [0.2, 0.25) is 5.91 Å². The number of hydrogen-bond donors (Lipinski definition) is 4. The van der Waals surface area contributed by atoms with Gasteiger partial charge in [0.05, 0.1) is 13.2 Å². The van der Waals surface area contributed by atoms with E-state index in [1.54, 1.807) is 0 Å². The van der Waals surface area contributed by atoms with Crippen molar-refractivity contribution in [3.63, 3.8) is 0 Å². The zero-order chi connectivity index (χ0) is 30.8. The van der Waals surface area contributed by atoms with Crippen LogP contribution in [0.4, 0.5) is 0 Å². The lowest BCUT2D eigenvalue weighted by Gasteiger charge is -2.18. The van der Waals surface area contributed by atoms with Crippen LogP contribution in [0.15, 0.2) is 36.5 Å². The first-order valence-electron chi connectivity index (χ1n) is 14.5. The molecule has 3 atom stereocenters. The Balaban J connectivity index is 4.07. The fourth-order valence-corrected chi connectivity index (χ4v) is 4.14. The van der Waals surface area contributed by atoms with E-state index in [4.69, 9.17) is 4.74 Å². The Morgan fingerprint density at radius 1 is 0.805 bits per heavy atom. The van der Waals surface area contributed by atoms with E-state index in [0.717, 1.165) is 57.8 Å². The molecule has 236 valence electrons. The third kappa shape index (κ3) is 25.2. The van der Waals surface area contributed by atoms with Crippen LogP contribution in [-0.4, -0.2) is 64.9 Å². The van der Waals surface area contributed by atoms with Crippen molar-refractivity contribution in [2.45, 2.75) is 109 Å². The van der Waals surface area contributed by atoms with Crippen LogP contribution in [0.3, 0.4) is 0 Å². The van der Waals surface area contributed by atoms with Crippen LogP contribution in [0.2, 0.25) is 0 Å². The minimum Gasteiger partial charge on any atom is -0.480 e. The number of carbonyl (C=O) groups excluding carboxylic acids is 2. The van der Waals surface area contributed by atoms with Gasteiger partial charge in [-0.25, -0.2) is 9.36 Å². The number of phosphoric ester groups is 1. The summed E-state index contributed by atoms with van der Waals surface area (Å²) in [6.45, 7) is 2.11. The predicted molar refractivity (Wildman–Crippen MR) is 157 cm³/mol. The number of aliphatic hydroxyl groups excluding tert-OH is 1. The number of esters is 1. The molecule has 4 N–H and O–H groups in total. The number of aliphatic hydroxyl groups is 1. The molecule has 0 aromatic carbocycles. The van der Waals surface area contributed by atoms with E-state index in [0.29, 0.717) is 12.8 Å². The molecule has 0 aliphatic heterocycles. The number of carbonyl (C=O) groups is 3. The van der Waals surface area contributed by atoms with Gasteiger partial charge >= 0.3 is 19.8 Å². The first-order valence-corrected chi connectivity index (χ1v) is 16.0. The van der Waals surface area contributed by atoms with E-state index in [9.17, 15) is 34.1 Å². The van der Waals surface area contributed by atoms with Crippen LogP contribution in [-0.2, 0) is 32.7 Å². The van der Waals surface area contributed by atoms with Crippen molar-refractivity contribution in [2.24, 2.45) is 0 Å². The van der Waals surface area contributed by atoms with Crippen molar-refractivity contribution in [2.75, 3.05) is 19.8 Å². The summed E-state index contributed by atoms with van der Waals surface area (Å²) in [6, 6.07) is -1.55. The number of hydrogen-bond acceptors (Lipinski definition) is 8. The Hall–Kier alpha value is -2.30. The molecule has 0 spiro atoms. The SMILES string of the molecule is CC/C=C\C/C=C\C/C=C\CCCCCCCC(=O)NC(COP(=O)(O)OCC(O)COC(=O)CCCC)C(=O)O. The van der Waals surface area contributed by atoms with Crippen LogP contribution < -0.4 is 5.32 Å². The standard InChI is InChI=1S/C29H50NO10P/c1-3-5-7-8-9-10-11-12-13-14-15-16-17-18-19-20-27(32)30-26(29(34)35)24-40-41(36,37)39-23-25(31)22-38-28(33)21-6-4-2/h5,7,9-10,12-13,25-26,31H,3-4,6,8,11,14-24H2,1-2H3,(H,30,32)(H,34,35)(H,36,37)/b7-5-,10-9-,13-12-. The van der Waals surface area contributed by atoms with Crippen molar-refractivity contribution in [1.82, 2.24) is 5.32 Å². The van der Waals surface area contributed by atoms with Crippen LogP contribution in [0.5, 0.6) is 0 Å². The molecule has 3 unspecified atom stereocenters. The lowest BCUT2D eigenvalue weighted by molar-refractivity contribution is -0.147. The molecule has 0 fully saturated rings. The highest BCUT2D eigenvalue weighted by Crippen LogP contribution is 2.43. The normalized spacial score (nSPS) is 14.8. The van der Waals surface area contributed by atoms with Gasteiger partial charge in [0.25, 0.3) is 0 Å². The third-order valence-corrected chi connectivity index (χ3v) is 6.64. The van der Waals surface area contributed by atoms with Gasteiger partial charge in [-0.1, -0.05) is 76.0 Å². The Morgan fingerprint density at radius 2 is 1.41 bits per heavy atom. The number of aliphatic carboxylic acids is 1. The second kappa shape index (κ2) is 25.4. The van der Waals surface area contributed by atoms with Gasteiger partial charge in [-0.15, -0.1) is 0 Å². The molecule has 0 saturated heterocycles. The minimum absolute atomic E-state index is 0.125. The number of ether oxygens (including phenoxy) is 1. The highest BCUT2D eigenvalue weighted by atomic mass is 31.2. The molecule has 12 heteroatoms. The molecule has 0 rings (SSSR count). The molecule has 0 heterocycles. The largest absolute Gasteiger partial charge is 0.480 e. The number of phosphoric acid groups is 1. The summed E-state index contributed by atoms with van der Waals surface area (Å²) in [7, 11) is -4.73. The van der Waals surface area contributed by atoms with Gasteiger partial charge in [-0.3, -0.25) is 18.6 Å². The van der Waals surface area contributed by atoms with Crippen molar-refractivity contribution < 1.29 is 47.8 Å². The molecule has 0 aromatic rings. The number of unbranched alkanes of at least 4 members (excludes halogenated alkanes) is 6. The molecule has 0 aromatic heterocycles. The fraction of sp³-hybridized carbons (Fsp3) is 0.690. The molecule has 1 amide bonds. The predicted octanol–water partition coefficient (Wildman–Crippen LogP) is 5.37. The van der Waals surface area contributed by atoms with E-state index in [2.05, 4.69) is 57.7 Å². The summed E-state index contributed by atoms with van der Waals surface area (Å²) in [4.78, 5) is 44.8. The molecule has 0 bridgehead atoms. The molecule has 11 nitrogen and oxygen atoms in total. The summed E-state index contributed by atoms with van der Waals surface area (Å²) < 4.78 is 26.2. The number of allylic oxidation sites excluding steroid dienone is 6. The third-order valence-electron chi connectivity index (χ3n) is 5.69. The van der Waals surface area contributed by atoms with Gasteiger partial charge in [-0.2, -0.15) is 0 Å². The molecule has 0 radical (unpaired) electrons. The Morgan fingerprint density at radius 3 is 2.07 bits per heavy atom. The van der Waals surface area contributed by atoms with E-state index in [1.807, 2.05) is 6.92 Å². The summed E-state index contributed by atoms with van der Waals surface area (Å²) in [5.74, 6) is -2.45. The summed E-state index contributed by atoms with van der Waals surface area (Å²) >= 11 is 0. The first-order chi connectivity index (χ1) is 19.6. The van der Waals surface area contributed by atoms with E-state index in [1.165, 1.54) is 0 Å². The Kier molecular flexibility index (Phi) is 24.0. The zero-order valence-electron chi connectivity index (χ0n) is 24.6. The van der Waals surface area contributed by atoms with Crippen molar-refractivity contribution in [1.29, 1.82) is 0 Å². The van der Waals surface area contributed by atoms with Crippen molar-refractivity contribution in [3.05, 3.63) is 36.5 Å². The van der Waals surface area contributed by atoms with Gasteiger partial charge in [0, 0.05) is 12.8 Å². The molecular formula is C29H50NO10P. The lowest BCUT2D eigenvalue weighted by atomic mass is 10.1. The fourth-order valence-electron chi connectivity index (χ4n) is 3.36. The van der Waals surface area contributed by atoms with Crippen molar-refractivity contribution in [3.8, 4) is 0 Å². The quantitative estimate of drug-likeness (QED) is 0.0436. The maximum absolute atomic E-state index is 12.1. The topological polar surface area (TPSA) is 169 Å². The molecule has 41 heavy (non-hydrogen) atoms. The highest BCUT2D eigenvalue weighted by molar-refractivity contribution is 7.47. The van der Waals surface area contributed by atoms with Gasteiger partial charge in [0.15, 0.2) is 6.04 Å².